The monoisotopic (exact) mass is 253 g/mol. The van der Waals surface area contributed by atoms with Crippen molar-refractivity contribution in [2.75, 3.05) is 13.2 Å². The number of ether oxygens (including phenoxy) is 1. The molecule has 2 atom stereocenters. The Labute approximate surface area is 113 Å². The van der Waals surface area contributed by atoms with Gasteiger partial charge in [0.05, 0.1) is 6.10 Å². The summed E-state index contributed by atoms with van der Waals surface area (Å²) in [5.74, 6) is 0.838. The van der Waals surface area contributed by atoms with Crippen molar-refractivity contribution in [3.63, 3.8) is 0 Å². The Morgan fingerprint density at radius 1 is 1.28 bits per heavy atom. The summed E-state index contributed by atoms with van der Waals surface area (Å²) >= 11 is 0. The van der Waals surface area contributed by atoms with Crippen LogP contribution >= 0.6 is 0 Å². The van der Waals surface area contributed by atoms with Crippen LogP contribution in [-0.4, -0.2) is 25.3 Å². The minimum Gasteiger partial charge on any atom is -0.378 e. The highest BCUT2D eigenvalue weighted by Crippen LogP contribution is 2.54. The summed E-state index contributed by atoms with van der Waals surface area (Å²) in [6, 6.07) is 0.740. The van der Waals surface area contributed by atoms with Crippen molar-refractivity contribution in [1.82, 2.24) is 5.32 Å². The lowest BCUT2D eigenvalue weighted by molar-refractivity contribution is -0.130. The average molecular weight is 253 g/mol. The van der Waals surface area contributed by atoms with Crippen LogP contribution in [0.15, 0.2) is 0 Å². The summed E-state index contributed by atoms with van der Waals surface area (Å²) in [6.45, 7) is 8.84. The molecule has 0 aliphatic heterocycles. The Hall–Kier alpha value is -0.0800. The Morgan fingerprint density at radius 3 is 2.61 bits per heavy atom. The Kier molecular flexibility index (Phi) is 5.08. The van der Waals surface area contributed by atoms with E-state index >= 15 is 0 Å². The number of hydrogen-bond acceptors (Lipinski definition) is 2. The van der Waals surface area contributed by atoms with Crippen molar-refractivity contribution >= 4 is 0 Å². The molecule has 0 radical (unpaired) electrons. The van der Waals surface area contributed by atoms with E-state index < -0.39 is 0 Å². The van der Waals surface area contributed by atoms with Crippen LogP contribution in [-0.2, 0) is 4.74 Å². The van der Waals surface area contributed by atoms with Gasteiger partial charge in [0.15, 0.2) is 0 Å². The highest BCUT2D eigenvalue weighted by molar-refractivity contribution is 5.09. The van der Waals surface area contributed by atoms with Crippen molar-refractivity contribution in [1.29, 1.82) is 0 Å². The smallest absolute Gasteiger partial charge is 0.0661 e. The molecule has 2 aliphatic rings. The molecule has 0 saturated heterocycles. The third kappa shape index (κ3) is 2.91. The molecule has 0 aromatic carbocycles. The van der Waals surface area contributed by atoms with Gasteiger partial charge in [0.1, 0.15) is 0 Å². The summed E-state index contributed by atoms with van der Waals surface area (Å²) in [6.07, 6.45) is 10.1. The van der Waals surface area contributed by atoms with Gasteiger partial charge in [-0.1, -0.05) is 26.7 Å². The molecule has 2 rings (SSSR count). The van der Waals surface area contributed by atoms with E-state index in [9.17, 15) is 0 Å². The first kappa shape index (κ1) is 14.3. The van der Waals surface area contributed by atoms with E-state index in [1.807, 2.05) is 0 Å². The van der Waals surface area contributed by atoms with Crippen LogP contribution in [0.1, 0.15) is 65.7 Å². The molecule has 0 heterocycles. The van der Waals surface area contributed by atoms with Crippen LogP contribution < -0.4 is 5.32 Å². The summed E-state index contributed by atoms with van der Waals surface area (Å²) in [5, 5.41) is 3.82. The van der Waals surface area contributed by atoms with E-state index in [0.717, 1.165) is 18.6 Å². The molecule has 0 bridgehead atoms. The first-order valence-corrected chi connectivity index (χ1v) is 8.04. The summed E-state index contributed by atoms with van der Waals surface area (Å²) in [5.41, 5.74) is 0.508. The molecule has 2 nitrogen and oxygen atoms in total. The topological polar surface area (TPSA) is 21.3 Å². The van der Waals surface area contributed by atoms with Gasteiger partial charge in [0.25, 0.3) is 0 Å². The lowest BCUT2D eigenvalue weighted by Crippen LogP contribution is -2.62. The molecule has 2 unspecified atom stereocenters. The van der Waals surface area contributed by atoms with Crippen molar-refractivity contribution in [3.05, 3.63) is 0 Å². The number of hydrogen-bond donors (Lipinski definition) is 1. The maximum absolute atomic E-state index is 5.95. The van der Waals surface area contributed by atoms with E-state index in [1.165, 1.54) is 51.5 Å². The van der Waals surface area contributed by atoms with Gasteiger partial charge in [-0.25, -0.2) is 0 Å². The van der Waals surface area contributed by atoms with E-state index in [0.29, 0.717) is 11.5 Å². The summed E-state index contributed by atoms with van der Waals surface area (Å²) < 4.78 is 5.95. The molecule has 2 fully saturated rings. The molecule has 0 aromatic heterocycles. The van der Waals surface area contributed by atoms with Crippen LogP contribution in [0.4, 0.5) is 0 Å². The molecule has 2 aliphatic carbocycles. The van der Waals surface area contributed by atoms with Gasteiger partial charge in [0, 0.05) is 18.1 Å². The van der Waals surface area contributed by atoms with E-state index in [-0.39, 0.29) is 0 Å². The lowest BCUT2D eigenvalue weighted by Gasteiger charge is -2.54. The average Bonchev–Trinajstić information content (AvgIpc) is 2.83. The normalized spacial score (nSPS) is 30.0. The lowest BCUT2D eigenvalue weighted by atomic mass is 9.60. The largest absolute Gasteiger partial charge is 0.378 e. The maximum Gasteiger partial charge on any atom is 0.0661 e. The fourth-order valence-electron chi connectivity index (χ4n) is 3.96. The second-order valence-corrected chi connectivity index (χ2v) is 6.66. The van der Waals surface area contributed by atoms with Gasteiger partial charge in [-0.3, -0.25) is 0 Å². The van der Waals surface area contributed by atoms with Gasteiger partial charge in [-0.2, -0.15) is 0 Å². The van der Waals surface area contributed by atoms with Crippen LogP contribution in [0.3, 0.4) is 0 Å². The Bertz CT molecular complexity index is 245. The standard InChI is InChI=1S/C16H31NO/c1-4-18-15-12-14(16(15)9-5-6-10-16)17-11-7-8-13(2)3/h13-15,17H,4-12H2,1-3H3. The maximum atomic E-state index is 5.95. The molecule has 0 amide bonds. The fraction of sp³-hybridized carbons (Fsp3) is 1.00. The third-order valence-corrected chi connectivity index (χ3v) is 5.04. The van der Waals surface area contributed by atoms with E-state index in [1.54, 1.807) is 0 Å². The summed E-state index contributed by atoms with van der Waals surface area (Å²) in [7, 11) is 0. The first-order chi connectivity index (χ1) is 8.69. The van der Waals surface area contributed by atoms with E-state index in [4.69, 9.17) is 4.74 Å². The Morgan fingerprint density at radius 2 is 2.00 bits per heavy atom. The van der Waals surface area contributed by atoms with Crippen molar-refractivity contribution < 1.29 is 4.74 Å². The highest BCUT2D eigenvalue weighted by atomic mass is 16.5. The fourth-order valence-corrected chi connectivity index (χ4v) is 3.96. The zero-order chi connectivity index (χ0) is 13.0. The molecular weight excluding hydrogens is 222 g/mol. The van der Waals surface area contributed by atoms with E-state index in [2.05, 4.69) is 26.1 Å². The van der Waals surface area contributed by atoms with Gasteiger partial charge < -0.3 is 10.1 Å². The van der Waals surface area contributed by atoms with Gasteiger partial charge >= 0.3 is 0 Å². The molecule has 1 spiro atoms. The third-order valence-electron chi connectivity index (χ3n) is 5.04. The van der Waals surface area contributed by atoms with Gasteiger partial charge in [0.2, 0.25) is 0 Å². The zero-order valence-corrected chi connectivity index (χ0v) is 12.5. The second kappa shape index (κ2) is 6.38. The Balaban J connectivity index is 1.76. The van der Waals surface area contributed by atoms with Crippen molar-refractivity contribution in [2.45, 2.75) is 77.9 Å². The minimum absolute atomic E-state index is 0.508. The van der Waals surface area contributed by atoms with Crippen LogP contribution in [0.5, 0.6) is 0 Å². The predicted molar refractivity (Wildman–Crippen MR) is 76.8 cm³/mol. The van der Waals surface area contributed by atoms with Crippen LogP contribution in [0.25, 0.3) is 0 Å². The first-order valence-electron chi connectivity index (χ1n) is 8.04. The molecular formula is C16H31NO. The summed E-state index contributed by atoms with van der Waals surface area (Å²) in [4.78, 5) is 0. The number of rotatable bonds is 7. The van der Waals surface area contributed by atoms with Crippen LogP contribution in [0.2, 0.25) is 0 Å². The highest BCUT2D eigenvalue weighted by Gasteiger charge is 2.56. The van der Waals surface area contributed by atoms with Crippen molar-refractivity contribution in [3.8, 4) is 0 Å². The molecule has 1 N–H and O–H groups in total. The molecule has 106 valence electrons. The van der Waals surface area contributed by atoms with Gasteiger partial charge in [-0.15, -0.1) is 0 Å². The second-order valence-electron chi connectivity index (χ2n) is 6.66. The molecule has 0 aromatic rings. The minimum atomic E-state index is 0.508. The molecule has 18 heavy (non-hydrogen) atoms. The quantitative estimate of drug-likeness (QED) is 0.698. The molecule has 2 saturated carbocycles. The number of nitrogens with one attached hydrogen (secondary N) is 1. The molecule has 2 heteroatoms. The predicted octanol–water partition coefficient (Wildman–Crippen LogP) is 3.75. The SMILES string of the molecule is CCOC1CC(NCCCC(C)C)C12CCCC2. The van der Waals surface area contributed by atoms with Crippen molar-refractivity contribution in [2.24, 2.45) is 11.3 Å². The van der Waals surface area contributed by atoms with Crippen LogP contribution in [0, 0.1) is 11.3 Å². The zero-order valence-electron chi connectivity index (χ0n) is 12.5. The van der Waals surface area contributed by atoms with Gasteiger partial charge in [-0.05, 0) is 51.5 Å².